The van der Waals surface area contributed by atoms with Crippen LogP contribution in [0.5, 0.6) is 0 Å². The molecule has 0 saturated carbocycles. The van der Waals surface area contributed by atoms with Crippen molar-refractivity contribution in [2.75, 3.05) is 0 Å². The molecular weight excluding hydrogens is 590 g/mol. The fourth-order valence-corrected chi connectivity index (χ4v) is 3.46. The number of halogens is 18. The maximum Gasteiger partial charge on any atom is 0.503 e. The molecule has 3 rings (SSSR count). The van der Waals surface area contributed by atoms with Gasteiger partial charge >= 0.3 is 37.3 Å². The van der Waals surface area contributed by atoms with Crippen molar-refractivity contribution in [3.05, 3.63) is 45.6 Å². The summed E-state index contributed by atoms with van der Waals surface area (Å²) in [4.78, 5) is 2.88. The summed E-state index contributed by atoms with van der Waals surface area (Å²) in [5, 5.41) is -5.69. The number of alkyl halides is 18. The van der Waals surface area contributed by atoms with Crippen molar-refractivity contribution in [2.45, 2.75) is 37.3 Å². The van der Waals surface area contributed by atoms with E-state index in [1.807, 2.05) is 0 Å². The average Bonchev–Trinajstić information content (AvgIpc) is 3.14. The van der Waals surface area contributed by atoms with Crippen molar-refractivity contribution >= 4 is 11.0 Å². The van der Waals surface area contributed by atoms with Crippen LogP contribution in [0, 0.1) is 0 Å². The summed E-state index contributed by atoms with van der Waals surface area (Å²) in [6, 6.07) is 0. The summed E-state index contributed by atoms with van der Waals surface area (Å²) in [6.45, 7) is 0. The second-order valence-corrected chi connectivity index (χ2v) is 7.07. The first-order valence-electron chi connectivity index (χ1n) is 8.78. The molecule has 0 spiro atoms. The first kappa shape index (κ1) is 29.2. The second-order valence-electron chi connectivity index (χ2n) is 7.07. The lowest BCUT2D eigenvalue weighted by molar-refractivity contribution is -0.146. The summed E-state index contributed by atoms with van der Waals surface area (Å²) in [5.41, 5.74) is -17.3. The number of nitrogens with zero attached hydrogens (tertiary/aromatic N) is 4. The van der Waals surface area contributed by atoms with E-state index < -0.39 is 103 Å². The molecule has 0 saturated heterocycles. The van der Waals surface area contributed by atoms with Gasteiger partial charge in [0.15, 0.2) is 11.4 Å². The third-order valence-electron chi connectivity index (χ3n) is 4.51. The molecule has 0 aliphatic rings. The minimum atomic E-state index is -6.38. The van der Waals surface area contributed by atoms with Crippen LogP contribution in [0.2, 0.25) is 0 Å². The van der Waals surface area contributed by atoms with E-state index in [-0.39, 0.29) is 0 Å². The van der Waals surface area contributed by atoms with E-state index in [2.05, 4.69) is 0 Å². The largest absolute Gasteiger partial charge is 0.503 e. The molecule has 0 unspecified atom stereocenters. The van der Waals surface area contributed by atoms with Crippen molar-refractivity contribution in [1.82, 2.24) is 8.80 Å². The van der Waals surface area contributed by atoms with Gasteiger partial charge in [-0.3, -0.25) is 0 Å². The van der Waals surface area contributed by atoms with E-state index in [1.54, 1.807) is 0 Å². The van der Waals surface area contributed by atoms with Crippen molar-refractivity contribution in [2.24, 2.45) is 9.98 Å². The molecule has 0 atom stereocenters. The van der Waals surface area contributed by atoms with Crippen molar-refractivity contribution in [3.8, 4) is 0 Å². The Morgan fingerprint density at radius 3 is 0.868 bits per heavy atom. The topological polar surface area (TPSA) is 33.5 Å². The van der Waals surface area contributed by atoms with Gasteiger partial charge < -0.3 is 8.80 Å². The molecule has 212 valence electrons. The van der Waals surface area contributed by atoms with Gasteiger partial charge in [-0.15, -0.1) is 26.3 Å². The van der Waals surface area contributed by atoms with Crippen molar-refractivity contribution < 1.29 is 79.0 Å². The Morgan fingerprint density at radius 2 is 0.684 bits per heavy atom. The van der Waals surface area contributed by atoms with E-state index >= 15 is 0 Å². The Kier molecular flexibility index (Phi) is 6.20. The third kappa shape index (κ3) is 5.28. The van der Waals surface area contributed by atoms with E-state index in [0.717, 1.165) is 0 Å². The quantitative estimate of drug-likeness (QED) is 0.210. The van der Waals surface area contributed by atoms with E-state index in [1.165, 1.54) is 9.98 Å². The van der Waals surface area contributed by atoms with Gasteiger partial charge in [0.05, 0.1) is 11.1 Å². The van der Waals surface area contributed by atoms with E-state index in [9.17, 15) is 79.0 Å². The minimum Gasteiger partial charge on any atom is -0.306 e. The summed E-state index contributed by atoms with van der Waals surface area (Å²) in [7, 11) is 0. The zero-order chi connectivity index (χ0) is 29.6. The molecule has 3 aromatic heterocycles. The van der Waals surface area contributed by atoms with Crippen LogP contribution in [-0.4, -0.2) is 21.4 Å². The fourth-order valence-electron chi connectivity index (χ4n) is 3.46. The van der Waals surface area contributed by atoms with Crippen molar-refractivity contribution in [1.29, 1.82) is 0 Å². The SMILES string of the molecule is FC(F)(F)/N=c1\c(C(F)(F)F)cn2c(C(F)(F)F)c3/c(=N/C(F)(F)F)c(C(F)(F)F)cn3c(C(F)(F)F)c12. The van der Waals surface area contributed by atoms with Crippen LogP contribution in [0.25, 0.3) is 11.0 Å². The molecule has 0 aromatic carbocycles. The lowest BCUT2D eigenvalue weighted by Crippen LogP contribution is -2.27. The standard InChI is InChI=1S/C16H2F18N4/c17-11(18,19)3-1-37-7(5(3)35-15(29,30)31)10(14(26,27)28)38-2-4(12(20,21)22)6(36-16(32,33)34)8(38)9(37)13(23,24)25/h1-2H/b35-5+,36-6+. The number of rotatable bonds is 0. The average molecular weight is 592 g/mol. The predicted molar refractivity (Wildman–Crippen MR) is 82.8 cm³/mol. The highest BCUT2D eigenvalue weighted by Crippen LogP contribution is 2.42. The first-order valence-corrected chi connectivity index (χ1v) is 8.78. The van der Waals surface area contributed by atoms with Crippen molar-refractivity contribution in [3.63, 3.8) is 0 Å². The Bertz CT molecular complexity index is 1400. The number of fused-ring (bicyclic) bond motifs is 2. The summed E-state index contributed by atoms with van der Waals surface area (Å²) in [5.74, 6) is 0. The molecule has 0 N–H and O–H groups in total. The molecule has 3 heterocycles. The third-order valence-corrected chi connectivity index (χ3v) is 4.51. The molecule has 0 bridgehead atoms. The minimum absolute atomic E-state index is 1.02. The Balaban J connectivity index is 2.99. The van der Waals surface area contributed by atoms with Crippen LogP contribution in [0.15, 0.2) is 22.4 Å². The fraction of sp³-hybridized carbons (Fsp3) is 0.375. The first-order chi connectivity index (χ1) is 16.6. The summed E-state index contributed by atoms with van der Waals surface area (Å²) in [6.07, 6.45) is -39.4. The predicted octanol–water partition coefficient (Wildman–Crippen LogP) is 6.55. The molecular formula is C16H2F18N4. The molecule has 38 heavy (non-hydrogen) atoms. The van der Waals surface area contributed by atoms with Gasteiger partial charge in [0.2, 0.25) is 0 Å². The van der Waals surface area contributed by atoms with Gasteiger partial charge in [-0.05, 0) is 0 Å². The highest BCUT2D eigenvalue weighted by Gasteiger charge is 2.49. The molecule has 22 heteroatoms. The zero-order valence-corrected chi connectivity index (χ0v) is 16.7. The molecule has 0 aliphatic heterocycles. The van der Waals surface area contributed by atoms with Crippen LogP contribution < -0.4 is 10.7 Å². The van der Waals surface area contributed by atoms with Gasteiger partial charge in [0, 0.05) is 12.4 Å². The molecule has 0 fully saturated rings. The number of hydrogen-bond donors (Lipinski definition) is 0. The van der Waals surface area contributed by atoms with Gasteiger partial charge in [0.25, 0.3) is 0 Å². The number of aromatic nitrogens is 2. The Hall–Kier alpha value is -3.36. The normalized spacial score (nSPS) is 15.9. The number of hydrogen-bond acceptors (Lipinski definition) is 2. The molecule has 0 aliphatic carbocycles. The maximum absolute atomic E-state index is 13.9. The molecule has 0 amide bonds. The maximum atomic E-state index is 13.9. The monoisotopic (exact) mass is 592 g/mol. The van der Waals surface area contributed by atoms with Gasteiger partial charge in [-0.2, -0.15) is 62.7 Å². The highest BCUT2D eigenvalue weighted by molar-refractivity contribution is 5.68. The van der Waals surface area contributed by atoms with E-state index in [0.29, 0.717) is 0 Å². The van der Waals surface area contributed by atoms with Crippen LogP contribution in [0.4, 0.5) is 79.0 Å². The molecule has 0 radical (unpaired) electrons. The van der Waals surface area contributed by atoms with Gasteiger partial charge in [-0.25, -0.2) is 0 Å². The Labute approximate surface area is 193 Å². The van der Waals surface area contributed by atoms with Crippen LogP contribution in [0.1, 0.15) is 22.5 Å². The van der Waals surface area contributed by atoms with Crippen LogP contribution in [-0.2, 0) is 24.7 Å². The zero-order valence-electron chi connectivity index (χ0n) is 16.7. The van der Waals surface area contributed by atoms with Crippen LogP contribution >= 0.6 is 0 Å². The summed E-state index contributed by atoms with van der Waals surface area (Å²) < 4.78 is 238. The van der Waals surface area contributed by atoms with E-state index in [4.69, 9.17) is 0 Å². The molecule has 3 aromatic rings. The highest BCUT2D eigenvalue weighted by atomic mass is 19.4. The van der Waals surface area contributed by atoms with Crippen LogP contribution in [0.3, 0.4) is 0 Å². The smallest absolute Gasteiger partial charge is 0.306 e. The van der Waals surface area contributed by atoms with Gasteiger partial charge in [0.1, 0.15) is 21.7 Å². The summed E-state index contributed by atoms with van der Waals surface area (Å²) >= 11 is 0. The lowest BCUT2D eigenvalue weighted by atomic mass is 10.2. The lowest BCUT2D eigenvalue weighted by Gasteiger charge is -2.18. The second kappa shape index (κ2) is 8.07. The van der Waals surface area contributed by atoms with Gasteiger partial charge in [-0.1, -0.05) is 0 Å². The molecule has 4 nitrogen and oxygen atoms in total. The Morgan fingerprint density at radius 1 is 0.421 bits per heavy atom.